The van der Waals surface area contributed by atoms with Crippen molar-refractivity contribution in [1.82, 2.24) is 10.1 Å². The fourth-order valence-electron chi connectivity index (χ4n) is 4.42. The molecule has 0 N–H and O–H groups in total. The van der Waals surface area contributed by atoms with Crippen molar-refractivity contribution in [2.24, 2.45) is 5.92 Å². The minimum Gasteiger partial charge on any atom is -0.375 e. The number of hydrogen-bond donors (Lipinski definition) is 0. The average molecular weight is 362 g/mol. The summed E-state index contributed by atoms with van der Waals surface area (Å²) in [5, 5.41) is 4.27. The van der Waals surface area contributed by atoms with Crippen molar-refractivity contribution in [3.05, 3.63) is 11.8 Å². The molecule has 4 rings (SSSR count). The molecule has 146 valence electrons. The van der Waals surface area contributed by atoms with E-state index in [0.717, 1.165) is 30.6 Å². The first-order chi connectivity index (χ1) is 12.7. The lowest BCUT2D eigenvalue weighted by Gasteiger charge is -2.39. The van der Waals surface area contributed by atoms with Gasteiger partial charge in [0.1, 0.15) is 5.76 Å². The molecule has 5 heteroatoms. The summed E-state index contributed by atoms with van der Waals surface area (Å²) in [7, 11) is 0. The largest absolute Gasteiger partial charge is 0.375 e. The minimum absolute atomic E-state index is 0.407. The van der Waals surface area contributed by atoms with Crippen molar-refractivity contribution in [3.8, 4) is 0 Å². The van der Waals surface area contributed by atoms with Crippen molar-refractivity contribution in [3.63, 3.8) is 0 Å². The van der Waals surface area contributed by atoms with Gasteiger partial charge in [0.2, 0.25) is 0 Å². The number of aromatic nitrogens is 1. The molecule has 0 unspecified atom stereocenters. The van der Waals surface area contributed by atoms with Gasteiger partial charge in [-0.15, -0.1) is 0 Å². The number of nitrogens with zero attached hydrogens (tertiary/aromatic N) is 3. The van der Waals surface area contributed by atoms with Gasteiger partial charge in [-0.2, -0.15) is 0 Å². The van der Waals surface area contributed by atoms with Gasteiger partial charge in [-0.25, -0.2) is 0 Å². The Kier molecular flexibility index (Phi) is 5.84. The second-order valence-electron chi connectivity index (χ2n) is 8.86. The van der Waals surface area contributed by atoms with Crippen LogP contribution in [-0.4, -0.2) is 55.0 Å². The molecule has 2 saturated heterocycles. The summed E-state index contributed by atoms with van der Waals surface area (Å²) in [6.45, 7) is 10.2. The van der Waals surface area contributed by atoms with Gasteiger partial charge in [-0.1, -0.05) is 19.0 Å². The van der Waals surface area contributed by atoms with Crippen LogP contribution in [0.4, 0.5) is 5.82 Å². The number of anilines is 1. The van der Waals surface area contributed by atoms with E-state index in [4.69, 9.17) is 9.26 Å². The highest BCUT2D eigenvalue weighted by molar-refractivity contribution is 5.39. The Morgan fingerprint density at radius 2 is 1.73 bits per heavy atom. The van der Waals surface area contributed by atoms with E-state index in [1.807, 2.05) is 0 Å². The molecule has 1 aromatic rings. The zero-order valence-electron chi connectivity index (χ0n) is 16.5. The lowest BCUT2D eigenvalue weighted by Crippen LogP contribution is -2.43. The van der Waals surface area contributed by atoms with Crippen molar-refractivity contribution in [2.45, 2.75) is 76.9 Å². The Balaban J connectivity index is 1.17. The number of rotatable bonds is 6. The molecule has 0 spiro atoms. The van der Waals surface area contributed by atoms with Crippen molar-refractivity contribution >= 4 is 5.82 Å². The van der Waals surface area contributed by atoms with E-state index in [1.54, 1.807) is 0 Å². The van der Waals surface area contributed by atoms with Crippen LogP contribution < -0.4 is 4.90 Å². The maximum Gasteiger partial charge on any atom is 0.172 e. The molecule has 0 amide bonds. The SMILES string of the molecule is CC(C)c1cc(N2CCC(CN3CCC(OC4CCC4)CC3)CC2)no1. The van der Waals surface area contributed by atoms with E-state index in [1.165, 1.54) is 64.6 Å². The lowest BCUT2D eigenvalue weighted by atomic mass is 9.94. The van der Waals surface area contributed by atoms with E-state index in [9.17, 15) is 0 Å². The average Bonchev–Trinajstić information content (AvgIpc) is 3.11. The molecule has 0 radical (unpaired) electrons. The number of piperidine rings is 2. The second-order valence-corrected chi connectivity index (χ2v) is 8.86. The molecule has 0 atom stereocenters. The molecule has 0 aromatic carbocycles. The van der Waals surface area contributed by atoms with Gasteiger partial charge in [0.15, 0.2) is 5.82 Å². The van der Waals surface area contributed by atoms with Crippen LogP contribution in [0.5, 0.6) is 0 Å². The van der Waals surface area contributed by atoms with E-state index >= 15 is 0 Å². The molecular weight excluding hydrogens is 326 g/mol. The first kappa shape index (κ1) is 18.3. The Hall–Kier alpha value is -1.07. The summed E-state index contributed by atoms with van der Waals surface area (Å²) >= 11 is 0. The first-order valence-electron chi connectivity index (χ1n) is 10.8. The minimum atomic E-state index is 0.407. The predicted molar refractivity (Wildman–Crippen MR) is 104 cm³/mol. The maximum atomic E-state index is 6.20. The Morgan fingerprint density at radius 3 is 2.31 bits per heavy atom. The molecule has 26 heavy (non-hydrogen) atoms. The van der Waals surface area contributed by atoms with Gasteiger partial charge in [0.25, 0.3) is 0 Å². The molecular formula is C21H35N3O2. The Bertz CT molecular complexity index is 553. The molecule has 1 aromatic heterocycles. The van der Waals surface area contributed by atoms with Crippen molar-refractivity contribution < 1.29 is 9.26 Å². The number of ether oxygens (including phenoxy) is 1. The number of hydrogen-bond acceptors (Lipinski definition) is 5. The van der Waals surface area contributed by atoms with Crippen LogP contribution in [-0.2, 0) is 4.74 Å². The molecule has 3 heterocycles. The Labute approximate surface area is 158 Å². The molecule has 5 nitrogen and oxygen atoms in total. The zero-order chi connectivity index (χ0) is 17.9. The summed E-state index contributed by atoms with van der Waals surface area (Å²) in [5.41, 5.74) is 0. The number of likely N-dealkylation sites (tertiary alicyclic amines) is 1. The van der Waals surface area contributed by atoms with Crippen molar-refractivity contribution in [2.75, 3.05) is 37.6 Å². The van der Waals surface area contributed by atoms with Crippen LogP contribution in [0.25, 0.3) is 0 Å². The standard InChI is InChI=1S/C21H35N3O2/c1-16(2)20-14-21(22-26-20)24-12-6-17(7-13-24)15-23-10-8-19(9-11-23)25-18-4-3-5-18/h14,16-19H,3-13,15H2,1-2H3. The van der Waals surface area contributed by atoms with Gasteiger partial charge >= 0.3 is 0 Å². The third-order valence-electron chi connectivity index (χ3n) is 6.51. The highest BCUT2D eigenvalue weighted by atomic mass is 16.5. The smallest absolute Gasteiger partial charge is 0.172 e. The van der Waals surface area contributed by atoms with Crippen LogP contribution in [0.2, 0.25) is 0 Å². The van der Waals surface area contributed by atoms with E-state index in [0.29, 0.717) is 18.1 Å². The van der Waals surface area contributed by atoms with Crippen LogP contribution in [0, 0.1) is 5.92 Å². The van der Waals surface area contributed by atoms with E-state index < -0.39 is 0 Å². The van der Waals surface area contributed by atoms with Crippen LogP contribution in [0.3, 0.4) is 0 Å². The Morgan fingerprint density at radius 1 is 1.04 bits per heavy atom. The van der Waals surface area contributed by atoms with Gasteiger partial charge in [-0.05, 0) is 50.9 Å². The summed E-state index contributed by atoms with van der Waals surface area (Å²) in [6.07, 6.45) is 10.1. The third kappa shape index (κ3) is 4.42. The first-order valence-corrected chi connectivity index (χ1v) is 10.8. The van der Waals surface area contributed by atoms with Gasteiger partial charge in [0, 0.05) is 44.7 Å². The van der Waals surface area contributed by atoms with Crippen LogP contribution in [0.1, 0.15) is 70.5 Å². The van der Waals surface area contributed by atoms with Crippen molar-refractivity contribution in [1.29, 1.82) is 0 Å². The molecule has 2 aliphatic heterocycles. The van der Waals surface area contributed by atoms with Gasteiger partial charge in [0.05, 0.1) is 12.2 Å². The quantitative estimate of drug-likeness (QED) is 0.765. The molecule has 1 aliphatic carbocycles. The van der Waals surface area contributed by atoms with E-state index in [2.05, 4.69) is 34.9 Å². The topological polar surface area (TPSA) is 41.7 Å². The predicted octanol–water partition coefficient (Wildman–Crippen LogP) is 4.05. The van der Waals surface area contributed by atoms with Crippen LogP contribution >= 0.6 is 0 Å². The molecule has 3 aliphatic rings. The normalized spacial score (nSPS) is 24.3. The van der Waals surface area contributed by atoms with Gasteiger partial charge < -0.3 is 19.1 Å². The second kappa shape index (κ2) is 8.30. The van der Waals surface area contributed by atoms with Crippen LogP contribution in [0.15, 0.2) is 10.6 Å². The fraction of sp³-hybridized carbons (Fsp3) is 0.857. The lowest BCUT2D eigenvalue weighted by molar-refractivity contribution is -0.0745. The zero-order valence-corrected chi connectivity index (χ0v) is 16.5. The highest BCUT2D eigenvalue weighted by Crippen LogP contribution is 2.28. The summed E-state index contributed by atoms with van der Waals surface area (Å²) in [5.74, 6) is 3.26. The monoisotopic (exact) mass is 361 g/mol. The van der Waals surface area contributed by atoms with Gasteiger partial charge in [-0.3, -0.25) is 0 Å². The van der Waals surface area contributed by atoms with E-state index in [-0.39, 0.29) is 0 Å². The summed E-state index contributed by atoms with van der Waals surface area (Å²) in [4.78, 5) is 5.07. The third-order valence-corrected chi connectivity index (χ3v) is 6.51. The molecule has 0 bridgehead atoms. The summed E-state index contributed by atoms with van der Waals surface area (Å²) in [6, 6.07) is 2.12. The maximum absolute atomic E-state index is 6.20. The summed E-state index contributed by atoms with van der Waals surface area (Å²) < 4.78 is 11.7. The molecule has 1 saturated carbocycles. The fourth-order valence-corrected chi connectivity index (χ4v) is 4.42. The molecule has 3 fully saturated rings. The highest BCUT2D eigenvalue weighted by Gasteiger charge is 2.28.